The van der Waals surface area contributed by atoms with Crippen LogP contribution in [0.1, 0.15) is 83.2 Å². The van der Waals surface area contributed by atoms with E-state index in [0.717, 1.165) is 101 Å². The molecule has 3 saturated heterocycles. The van der Waals surface area contributed by atoms with E-state index in [-0.39, 0.29) is 36.3 Å². The summed E-state index contributed by atoms with van der Waals surface area (Å²) in [6.07, 6.45) is 6.22. The van der Waals surface area contributed by atoms with Gasteiger partial charge in [-0.05, 0) is 111 Å². The molecule has 0 bridgehead atoms. The second kappa shape index (κ2) is 17.1. The van der Waals surface area contributed by atoms with Gasteiger partial charge in [-0.2, -0.15) is 5.26 Å². The Hall–Kier alpha value is -5.16. The average molecular weight is 793 g/mol. The lowest BCUT2D eigenvalue weighted by Crippen LogP contribution is -2.60. The minimum atomic E-state index is -0.690. The summed E-state index contributed by atoms with van der Waals surface area (Å²) in [5, 5.41) is 16.4. The molecule has 3 N–H and O–H groups in total. The van der Waals surface area contributed by atoms with Crippen LogP contribution in [-0.2, 0) is 16.1 Å². The fraction of sp³-hybridized carbons (Fsp3) is 0.465. The smallest absolute Gasteiger partial charge is 0.269 e. The number of carbonyl (C=O) groups excluding carboxylic acids is 4. The van der Waals surface area contributed by atoms with Crippen molar-refractivity contribution in [3.8, 4) is 11.8 Å². The number of piperidine rings is 2. The first-order valence-corrected chi connectivity index (χ1v) is 20.6. The summed E-state index contributed by atoms with van der Waals surface area (Å²) in [6.45, 7) is 7.37. The quantitative estimate of drug-likeness (QED) is 0.262. The van der Waals surface area contributed by atoms with Gasteiger partial charge in [0.25, 0.3) is 17.7 Å². The molecular formula is C43H49ClN8O5. The van der Waals surface area contributed by atoms with E-state index in [9.17, 15) is 19.2 Å². The fourth-order valence-corrected chi connectivity index (χ4v) is 9.09. The highest BCUT2D eigenvalue weighted by Gasteiger charge is 2.38. The Morgan fingerprint density at radius 3 is 2.26 bits per heavy atom. The number of imide groups is 1. The number of ether oxygens (including phenoxy) is 1. The van der Waals surface area contributed by atoms with E-state index in [4.69, 9.17) is 21.6 Å². The number of nitriles is 1. The highest BCUT2D eigenvalue weighted by atomic mass is 35.5. The maximum Gasteiger partial charge on any atom is 0.269 e. The second-order valence-corrected chi connectivity index (χ2v) is 16.3. The number of hydrogen-bond donors (Lipinski definition) is 3. The van der Waals surface area contributed by atoms with Crippen molar-refractivity contribution in [3.05, 3.63) is 87.9 Å². The minimum Gasteiger partial charge on any atom is -0.490 e. The van der Waals surface area contributed by atoms with Crippen molar-refractivity contribution < 1.29 is 23.9 Å². The predicted octanol–water partition coefficient (Wildman–Crippen LogP) is 4.64. The van der Waals surface area contributed by atoms with E-state index in [2.05, 4.69) is 55.0 Å². The van der Waals surface area contributed by atoms with Crippen LogP contribution in [0.15, 0.2) is 60.7 Å². The molecule has 4 fully saturated rings. The molecule has 0 radical (unpaired) electrons. The van der Waals surface area contributed by atoms with Crippen LogP contribution in [0.2, 0.25) is 5.02 Å². The number of nitrogens with one attached hydrogen (secondary N) is 3. The van der Waals surface area contributed by atoms with E-state index in [1.54, 1.807) is 18.2 Å². The molecule has 4 amide bonds. The zero-order valence-corrected chi connectivity index (χ0v) is 32.8. The Balaban J connectivity index is 0.742. The van der Waals surface area contributed by atoms with E-state index in [1.807, 2.05) is 24.3 Å². The van der Waals surface area contributed by atoms with Crippen molar-refractivity contribution in [2.45, 2.75) is 76.1 Å². The number of hydrogen-bond acceptors (Lipinski definition) is 10. The van der Waals surface area contributed by atoms with Crippen LogP contribution >= 0.6 is 11.6 Å². The maximum atomic E-state index is 13.3. The van der Waals surface area contributed by atoms with E-state index >= 15 is 0 Å². The summed E-state index contributed by atoms with van der Waals surface area (Å²) in [5.41, 5.74) is 8.01. The molecule has 0 spiro atoms. The van der Waals surface area contributed by atoms with E-state index in [0.29, 0.717) is 46.3 Å². The van der Waals surface area contributed by atoms with Gasteiger partial charge in [0.05, 0.1) is 16.7 Å². The van der Waals surface area contributed by atoms with Crippen LogP contribution in [0.3, 0.4) is 0 Å². The van der Waals surface area contributed by atoms with Crippen molar-refractivity contribution in [3.63, 3.8) is 0 Å². The summed E-state index contributed by atoms with van der Waals surface area (Å²) < 4.78 is 6.10. The average Bonchev–Trinajstić information content (AvgIpc) is 3.23. The molecule has 298 valence electrons. The third-order valence-corrected chi connectivity index (χ3v) is 12.5. The Morgan fingerprint density at radius 1 is 0.842 bits per heavy atom. The Kier molecular flexibility index (Phi) is 11.6. The number of hydrazine groups is 1. The summed E-state index contributed by atoms with van der Waals surface area (Å²) >= 11 is 6.16. The number of rotatable bonds is 9. The largest absolute Gasteiger partial charge is 0.490 e. The van der Waals surface area contributed by atoms with Gasteiger partial charge >= 0.3 is 0 Å². The van der Waals surface area contributed by atoms with Crippen LogP contribution < -0.4 is 30.6 Å². The standard InChI is InChI=1S/C43H49ClN8O5/c44-38-24-36(9-3-30(38)25-45)57-35-10-4-32(5-11-35)47-41(54)29-1-6-33(7-2-29)50-17-15-28(16-18-50)27-49-19-21-51(22-20-49)34-8-12-37-31(23-34)26-46-52(43(37)56)39-13-14-40(53)48-42(39)55/h1-3,6-9,12,23-24,28,32,35,39,46H,4-5,10-11,13-22,26-27H2,(H,47,54)(H,48,53,55). The number of fused-ring (bicyclic) bond motifs is 1. The first-order chi connectivity index (χ1) is 27.7. The van der Waals surface area contributed by atoms with Crippen molar-refractivity contribution in [2.24, 2.45) is 5.92 Å². The SMILES string of the molecule is N#Cc1ccc(OC2CCC(NC(=O)c3ccc(N4CCC(CN5CCN(c6ccc7c(c6)CNN(C6CCC(=O)NC6=O)C7=O)CC5)CC4)cc3)CC2)cc1Cl. The zero-order chi connectivity index (χ0) is 39.5. The van der Waals surface area contributed by atoms with Gasteiger partial charge in [0.15, 0.2) is 0 Å². The number of amides is 4. The predicted molar refractivity (Wildman–Crippen MR) is 216 cm³/mol. The molecule has 1 unspecified atom stereocenters. The van der Waals surface area contributed by atoms with Crippen LogP contribution in [0.25, 0.3) is 0 Å². The molecule has 1 aliphatic carbocycles. The van der Waals surface area contributed by atoms with Gasteiger partial charge in [0.2, 0.25) is 5.91 Å². The van der Waals surface area contributed by atoms with Crippen LogP contribution in [0.5, 0.6) is 5.75 Å². The molecule has 13 nitrogen and oxygen atoms in total. The van der Waals surface area contributed by atoms with Gasteiger partial charge in [-0.15, -0.1) is 0 Å². The molecule has 1 atom stereocenters. The van der Waals surface area contributed by atoms with Crippen LogP contribution in [0.4, 0.5) is 11.4 Å². The first-order valence-electron chi connectivity index (χ1n) is 20.2. The lowest BCUT2D eigenvalue weighted by molar-refractivity contribution is -0.137. The highest BCUT2D eigenvalue weighted by molar-refractivity contribution is 6.31. The molecule has 8 rings (SSSR count). The van der Waals surface area contributed by atoms with Gasteiger partial charge in [0, 0.05) is 93.4 Å². The molecule has 57 heavy (non-hydrogen) atoms. The minimum absolute atomic E-state index is 0.0410. The second-order valence-electron chi connectivity index (χ2n) is 15.9. The molecule has 3 aromatic carbocycles. The van der Waals surface area contributed by atoms with Gasteiger partial charge in [-0.25, -0.2) is 5.43 Å². The van der Waals surface area contributed by atoms with Gasteiger partial charge in [0.1, 0.15) is 17.9 Å². The van der Waals surface area contributed by atoms with Crippen LogP contribution in [0, 0.1) is 17.2 Å². The normalized spacial score (nSPS) is 23.4. The topological polar surface area (TPSA) is 150 Å². The van der Waals surface area contributed by atoms with E-state index in [1.165, 1.54) is 5.01 Å². The summed E-state index contributed by atoms with van der Waals surface area (Å²) in [5.74, 6) is 0.300. The summed E-state index contributed by atoms with van der Waals surface area (Å²) in [4.78, 5) is 57.7. The van der Waals surface area contributed by atoms with Crippen LogP contribution in [-0.4, -0.2) is 97.5 Å². The number of carbonyl (C=O) groups is 4. The van der Waals surface area contributed by atoms with Crippen molar-refractivity contribution in [1.82, 2.24) is 26.0 Å². The number of nitrogens with zero attached hydrogens (tertiary/aromatic N) is 5. The molecule has 5 aliphatic rings. The molecule has 3 aromatic rings. The number of benzene rings is 3. The molecule has 4 heterocycles. The Morgan fingerprint density at radius 2 is 1.56 bits per heavy atom. The fourth-order valence-electron chi connectivity index (χ4n) is 8.88. The first kappa shape index (κ1) is 38.7. The Labute approximate surface area is 338 Å². The molecule has 14 heteroatoms. The molecular weight excluding hydrogens is 744 g/mol. The summed E-state index contributed by atoms with van der Waals surface area (Å²) in [7, 11) is 0. The molecule has 1 saturated carbocycles. The third-order valence-electron chi connectivity index (χ3n) is 12.2. The zero-order valence-electron chi connectivity index (χ0n) is 32.1. The van der Waals surface area contributed by atoms with Gasteiger partial charge in [-0.1, -0.05) is 11.6 Å². The molecule has 4 aliphatic heterocycles. The van der Waals surface area contributed by atoms with Gasteiger partial charge < -0.3 is 19.9 Å². The highest BCUT2D eigenvalue weighted by Crippen LogP contribution is 2.30. The number of anilines is 2. The number of halogens is 1. The Bertz CT molecular complexity index is 2030. The lowest BCUT2D eigenvalue weighted by atomic mass is 9.92. The number of piperazine rings is 1. The maximum absolute atomic E-state index is 13.3. The third kappa shape index (κ3) is 8.88. The van der Waals surface area contributed by atoms with Crippen molar-refractivity contribution >= 4 is 46.6 Å². The van der Waals surface area contributed by atoms with Crippen molar-refractivity contribution in [1.29, 1.82) is 5.26 Å². The monoisotopic (exact) mass is 792 g/mol. The van der Waals surface area contributed by atoms with E-state index < -0.39 is 11.9 Å². The lowest BCUT2D eigenvalue weighted by Gasteiger charge is -2.40. The summed E-state index contributed by atoms with van der Waals surface area (Å²) in [6, 6.07) is 20.6. The molecule has 0 aromatic heterocycles. The van der Waals surface area contributed by atoms with Crippen molar-refractivity contribution in [2.75, 3.05) is 55.6 Å². The van der Waals surface area contributed by atoms with Gasteiger partial charge in [-0.3, -0.25) is 34.4 Å².